The fourth-order valence-corrected chi connectivity index (χ4v) is 13.0. The SMILES string of the molecule is CSCC[C@@H](Nc1ccnc(-c2c[nH]c3ncc(Cl)cc23)n1)C(=O)NCC(F)(F)F.O=C(NCC(F)(F)F)C1(Nc2nc(-c3c[nH]c4ncc(Cl)cc34)ncc2F)CC1.O=C(NCC(F)(F)F)[C@@H](CC1CC1)Nc1ccnc(-c2c[nH]c3ncc(Cl)cc23)n1.O=C(NCC(F)(F)F)[C@@H](CC1CC1)Nc1nc(-c2c[nH]c3ncc(Cl)cc23)ncc1F.[HH].[HH].[HH].[HH].[HH].[HH].[HH].[HH].[HH].[HH].[HH]. The first-order chi connectivity index (χ1) is 56.9. The standard InChI is InChI=1S/C19H17ClF4N6O.C19H18ClF3N6O.C18H18ClF3N6OS.C17H13ClF4N6O.11H2/c20-10-4-11-12(6-26-15(11)25-5-10)16-27-7-13(21)17(30-16)29-14(3-9-1-2-9)18(31)28-8-19(22,23)24;20-11-6-12-13(8-26-16(12)25-7-11)17-24-4-3-15(29-17)28-14(5-10-1-2-10)18(30)27-9-19(21,22)23;1-30-5-3-13(17(29)26-9-18(20,21)22)27-14-2-4-23-16(28-14)12-8-25-15-11(12)6-10(19)7-24-15;18-8-3-9-10(5-24-12(9)23-4-8)13-25-6-11(19)14(27-13)28-16(1-2-16)15(29)26-7-17(20,21)22;;;;;;;;;;;/h4-7,9,14H,1-3,8H2,(H,25,26)(H,28,31)(H,27,29,30);3-4,6-8,10,14H,1-2,5,9H2,(H,25,26)(H,27,30)(H,24,28,29);2,4,6-8,13H,3,5,9H2,1H3,(H,24,25)(H,26,29)(H,23,27,28);3-6H,1-2,7H2,(H,23,24)(H,26,29)(H,25,27,28);11*1H/t2*14-;13-;;;;;;;;;;;;/m111............/s1. The van der Waals surface area contributed by atoms with Crippen LogP contribution in [0.1, 0.15) is 73.5 Å². The van der Waals surface area contributed by atoms with E-state index >= 15 is 0 Å². The van der Waals surface area contributed by atoms with Gasteiger partial charge < -0.3 is 62.5 Å². The number of carbonyl (C=O) groups is 4. The molecule has 12 N–H and O–H groups in total. The summed E-state index contributed by atoms with van der Waals surface area (Å²) >= 11 is 25.5. The van der Waals surface area contributed by atoms with Gasteiger partial charge in [-0.3, -0.25) is 19.2 Å². The monoisotopic (exact) mass is 1800 g/mol. The maximum atomic E-state index is 14.4. The molecular weight excluding hydrogens is 1720 g/mol. The minimum Gasteiger partial charge on any atom is -0.358 e. The molecule has 0 aliphatic heterocycles. The van der Waals surface area contributed by atoms with Crippen LogP contribution in [0.3, 0.4) is 0 Å². The van der Waals surface area contributed by atoms with E-state index in [-0.39, 0.29) is 64.2 Å². The summed E-state index contributed by atoms with van der Waals surface area (Å²) in [6.45, 7) is -5.68. The van der Waals surface area contributed by atoms with Gasteiger partial charge >= 0.3 is 24.7 Å². The van der Waals surface area contributed by atoms with E-state index < -0.39 is 110 Å². The molecule has 47 heteroatoms. The lowest BCUT2D eigenvalue weighted by Crippen LogP contribution is -2.45. The third kappa shape index (κ3) is 24.5. The van der Waals surface area contributed by atoms with Crippen LogP contribution in [-0.4, -0.2) is 190 Å². The van der Waals surface area contributed by atoms with Gasteiger partial charge in [0, 0.05) is 121 Å². The van der Waals surface area contributed by atoms with E-state index in [9.17, 15) is 80.6 Å². The Morgan fingerprint density at radius 3 is 1.15 bits per heavy atom. The van der Waals surface area contributed by atoms with E-state index in [1.165, 1.54) is 48.9 Å². The number of hydrogen-bond donors (Lipinski definition) is 12. The number of anilines is 4. The summed E-state index contributed by atoms with van der Waals surface area (Å²) in [4.78, 5) is 111. The van der Waals surface area contributed by atoms with Crippen LogP contribution in [0, 0.1) is 23.5 Å². The number of amides is 4. The number of halogens is 18. The summed E-state index contributed by atoms with van der Waals surface area (Å²) in [6.07, 6.45) is 6.40. The van der Waals surface area contributed by atoms with Crippen molar-refractivity contribution in [2.24, 2.45) is 11.8 Å². The first-order valence-corrected chi connectivity index (χ1v) is 39.0. The highest BCUT2D eigenvalue weighted by Gasteiger charge is 2.51. The minimum atomic E-state index is -4.54. The van der Waals surface area contributed by atoms with E-state index in [4.69, 9.17) is 46.4 Å². The first kappa shape index (κ1) is 88.0. The van der Waals surface area contributed by atoms with Gasteiger partial charge in [-0.1, -0.05) is 72.1 Å². The molecular formula is C73H88Cl4F14N24O4S. The Hall–Kier alpha value is -11.3. The molecule has 0 aromatic carbocycles. The molecule has 3 atom stereocenters. The van der Waals surface area contributed by atoms with E-state index in [0.717, 1.165) is 48.8 Å². The fraction of sp³-hybridized carbons (Fsp3) is 0.342. The zero-order valence-corrected chi connectivity index (χ0v) is 65.7. The Morgan fingerprint density at radius 2 is 0.792 bits per heavy atom. The molecule has 12 aromatic heterocycles. The van der Waals surface area contributed by atoms with Gasteiger partial charge in [-0.15, -0.1) is 0 Å². The second-order valence-corrected chi connectivity index (χ2v) is 30.3. The molecule has 12 heterocycles. The van der Waals surface area contributed by atoms with Crippen molar-refractivity contribution >= 4 is 149 Å². The van der Waals surface area contributed by atoms with Crippen LogP contribution in [0.5, 0.6) is 0 Å². The highest BCUT2D eigenvalue weighted by atomic mass is 35.5. The maximum absolute atomic E-state index is 14.4. The van der Waals surface area contributed by atoms with Crippen molar-refractivity contribution in [3.8, 4) is 45.6 Å². The quantitative estimate of drug-likeness (QED) is 0.0213. The van der Waals surface area contributed by atoms with Crippen LogP contribution >= 0.6 is 58.2 Å². The van der Waals surface area contributed by atoms with E-state index in [2.05, 4.69) is 101 Å². The van der Waals surface area contributed by atoms with Gasteiger partial charge in [0.1, 0.15) is 84.1 Å². The molecule has 3 saturated carbocycles. The number of aromatic amines is 4. The summed E-state index contributed by atoms with van der Waals surface area (Å²) in [6, 6.07) is 7.12. The lowest BCUT2D eigenvalue weighted by atomic mass is 10.1. The van der Waals surface area contributed by atoms with Crippen LogP contribution in [0.4, 0.5) is 84.7 Å². The first-order valence-electron chi connectivity index (χ1n) is 36.1. The number of nitrogens with zero attached hydrogens (tertiary/aromatic N) is 12. The third-order valence-electron chi connectivity index (χ3n) is 18.2. The third-order valence-corrected chi connectivity index (χ3v) is 19.7. The number of rotatable bonds is 27. The average molecular weight is 1810 g/mol. The van der Waals surface area contributed by atoms with Gasteiger partial charge in [-0.25, -0.2) is 68.6 Å². The van der Waals surface area contributed by atoms with Gasteiger partial charge in [0.05, 0.1) is 32.5 Å². The second kappa shape index (κ2) is 37.5. The highest BCUT2D eigenvalue weighted by molar-refractivity contribution is 7.98. The summed E-state index contributed by atoms with van der Waals surface area (Å²) in [5.74, 6) is -2.64. The average Bonchev–Trinajstić information content (AvgIpc) is 1.61. The predicted molar refractivity (Wildman–Crippen MR) is 443 cm³/mol. The fourth-order valence-electron chi connectivity index (χ4n) is 11.9. The molecule has 0 spiro atoms. The Bertz CT molecular complexity index is 5720. The van der Waals surface area contributed by atoms with Crippen LogP contribution in [0.2, 0.25) is 20.1 Å². The maximum Gasteiger partial charge on any atom is 0.405 e. The molecule has 12 aromatic rings. The summed E-state index contributed by atoms with van der Waals surface area (Å²) in [7, 11) is 0. The molecule has 28 nitrogen and oxygen atoms in total. The molecule has 0 bridgehead atoms. The van der Waals surface area contributed by atoms with Crippen LogP contribution < -0.4 is 42.5 Å². The Labute approximate surface area is 709 Å². The smallest absolute Gasteiger partial charge is 0.358 e. The van der Waals surface area contributed by atoms with Crippen molar-refractivity contribution in [3.05, 3.63) is 142 Å². The minimum absolute atomic E-state index is 0. The molecule has 0 unspecified atom stereocenters. The van der Waals surface area contributed by atoms with Crippen molar-refractivity contribution < 1.29 is 96.3 Å². The zero-order chi connectivity index (χ0) is 86.0. The summed E-state index contributed by atoms with van der Waals surface area (Å²) in [5.41, 5.74) is 3.29. The van der Waals surface area contributed by atoms with Gasteiger partial charge in [-0.05, 0) is 92.3 Å². The van der Waals surface area contributed by atoms with E-state index in [1.54, 1.807) is 61.2 Å². The molecule has 0 saturated heterocycles. The molecule has 120 heavy (non-hydrogen) atoms. The Kier molecular flexibility index (Phi) is 27.5. The number of H-pyrrole nitrogens is 4. The molecule has 3 fully saturated rings. The lowest BCUT2D eigenvalue weighted by molar-refractivity contribution is -0.139. The lowest BCUT2D eigenvalue weighted by Gasteiger charge is -2.20. The largest absolute Gasteiger partial charge is 0.405 e. The van der Waals surface area contributed by atoms with Crippen LogP contribution in [0.25, 0.3) is 89.7 Å². The van der Waals surface area contributed by atoms with E-state index in [1.807, 2.05) is 27.5 Å². The Morgan fingerprint density at radius 1 is 0.458 bits per heavy atom. The van der Waals surface area contributed by atoms with Crippen molar-refractivity contribution in [1.29, 1.82) is 0 Å². The predicted octanol–water partition coefficient (Wildman–Crippen LogP) is 18.0. The van der Waals surface area contributed by atoms with Crippen molar-refractivity contribution in [2.75, 3.05) is 59.5 Å². The molecule has 3 aliphatic carbocycles. The number of fused-ring (bicyclic) bond motifs is 4. The summed E-state index contributed by atoms with van der Waals surface area (Å²) < 4.78 is 178. The number of pyridine rings is 4. The number of carbonyl (C=O) groups excluding carboxylic acids is 4. The molecule has 656 valence electrons. The number of alkyl halides is 12. The summed E-state index contributed by atoms with van der Waals surface area (Å²) in [5, 5.41) is 23.1. The molecule has 15 rings (SSSR count). The molecule has 3 aliphatic rings. The van der Waals surface area contributed by atoms with Gasteiger partial charge in [0.2, 0.25) is 23.6 Å². The van der Waals surface area contributed by atoms with Crippen molar-refractivity contribution in [2.45, 2.75) is 106 Å². The number of hydrogen-bond acceptors (Lipinski definition) is 21. The highest BCUT2D eigenvalue weighted by Crippen LogP contribution is 2.42. The van der Waals surface area contributed by atoms with Gasteiger partial charge in [0.15, 0.2) is 46.6 Å². The number of aromatic nitrogens is 16. The number of thioether (sulfide) groups is 1. The number of nitrogens with one attached hydrogen (secondary N) is 12. The van der Waals surface area contributed by atoms with Crippen molar-refractivity contribution in [1.82, 2.24) is 101 Å². The second-order valence-electron chi connectivity index (χ2n) is 27.6. The molecule has 4 amide bonds. The molecule has 0 radical (unpaired) electrons. The van der Waals surface area contributed by atoms with Crippen molar-refractivity contribution in [3.63, 3.8) is 0 Å². The topological polar surface area (TPSA) is 382 Å². The van der Waals surface area contributed by atoms with Crippen LogP contribution in [-0.2, 0) is 19.2 Å². The van der Waals surface area contributed by atoms with E-state index in [0.29, 0.717) is 124 Å². The van der Waals surface area contributed by atoms with Crippen LogP contribution in [0.15, 0.2) is 111 Å². The van der Waals surface area contributed by atoms with Gasteiger partial charge in [-0.2, -0.15) is 64.4 Å². The Balaban J connectivity index is 0.000000850. The normalized spacial score (nSPS) is 14.6. The zero-order valence-electron chi connectivity index (χ0n) is 61.9. The van der Waals surface area contributed by atoms with Gasteiger partial charge in [0.25, 0.3) is 0 Å².